The maximum absolute atomic E-state index is 8.59. The summed E-state index contributed by atoms with van der Waals surface area (Å²) in [7, 11) is 1.89. The molecule has 0 fully saturated rings. The molecule has 5 heteroatoms. The van der Waals surface area contributed by atoms with Gasteiger partial charge in [-0.2, -0.15) is 5.26 Å². The molecular weight excluding hydrogens is 256 g/mol. The lowest BCUT2D eigenvalue weighted by Crippen LogP contribution is -2.29. The molecule has 0 aliphatic carbocycles. The molecule has 1 aromatic heterocycles. The van der Waals surface area contributed by atoms with Crippen LogP contribution < -0.4 is 4.90 Å². The van der Waals surface area contributed by atoms with E-state index in [-0.39, 0.29) is 6.04 Å². The fraction of sp³-hybridized carbons (Fsp3) is 0.500. The summed E-state index contributed by atoms with van der Waals surface area (Å²) < 4.78 is 0. The SMILES string of the molecule is CC(CC#N)N(C)c1ncc(CBr)cn1. The molecule has 0 aliphatic rings. The van der Waals surface area contributed by atoms with Gasteiger partial charge in [0.15, 0.2) is 0 Å². The first kappa shape index (κ1) is 11.9. The Morgan fingerprint density at radius 2 is 2.13 bits per heavy atom. The molecule has 0 aromatic carbocycles. The Morgan fingerprint density at radius 3 is 2.60 bits per heavy atom. The molecule has 0 amide bonds. The van der Waals surface area contributed by atoms with E-state index < -0.39 is 0 Å². The van der Waals surface area contributed by atoms with E-state index in [4.69, 9.17) is 5.26 Å². The van der Waals surface area contributed by atoms with Crippen molar-refractivity contribution < 1.29 is 0 Å². The number of nitrogens with zero attached hydrogens (tertiary/aromatic N) is 4. The van der Waals surface area contributed by atoms with E-state index in [0.717, 1.165) is 10.9 Å². The summed E-state index contributed by atoms with van der Waals surface area (Å²) in [5.41, 5.74) is 1.04. The monoisotopic (exact) mass is 268 g/mol. The van der Waals surface area contributed by atoms with Gasteiger partial charge in [-0.25, -0.2) is 9.97 Å². The summed E-state index contributed by atoms with van der Waals surface area (Å²) in [5.74, 6) is 0.655. The second-order valence-electron chi connectivity index (χ2n) is 3.35. The molecule has 0 aliphatic heterocycles. The predicted octanol–water partition coefficient (Wildman–Crippen LogP) is 2.11. The zero-order valence-corrected chi connectivity index (χ0v) is 10.4. The van der Waals surface area contributed by atoms with Crippen LogP contribution in [0.2, 0.25) is 0 Å². The largest absolute Gasteiger partial charge is 0.340 e. The summed E-state index contributed by atoms with van der Waals surface area (Å²) >= 11 is 3.34. The third kappa shape index (κ3) is 3.17. The minimum atomic E-state index is 0.129. The molecule has 0 saturated heterocycles. The molecule has 0 N–H and O–H groups in total. The summed E-state index contributed by atoms with van der Waals surface area (Å²) in [4.78, 5) is 10.4. The van der Waals surface area contributed by atoms with Crippen molar-refractivity contribution in [1.29, 1.82) is 5.26 Å². The highest BCUT2D eigenvalue weighted by molar-refractivity contribution is 9.08. The Hall–Kier alpha value is -1.15. The van der Waals surface area contributed by atoms with Gasteiger partial charge in [-0.1, -0.05) is 15.9 Å². The molecule has 1 atom stereocenters. The summed E-state index contributed by atoms with van der Waals surface area (Å²) in [5, 5.41) is 9.35. The van der Waals surface area contributed by atoms with Crippen molar-refractivity contribution in [3.05, 3.63) is 18.0 Å². The Morgan fingerprint density at radius 1 is 1.53 bits per heavy atom. The van der Waals surface area contributed by atoms with Crippen LogP contribution in [-0.2, 0) is 5.33 Å². The summed E-state index contributed by atoms with van der Waals surface area (Å²) in [6.45, 7) is 1.98. The third-order valence-corrected chi connectivity index (χ3v) is 2.86. The lowest BCUT2D eigenvalue weighted by atomic mass is 10.2. The van der Waals surface area contributed by atoms with Crippen LogP contribution in [0.25, 0.3) is 0 Å². The molecule has 0 spiro atoms. The summed E-state index contributed by atoms with van der Waals surface area (Å²) in [6.07, 6.45) is 4.04. The minimum Gasteiger partial charge on any atom is -0.340 e. The molecule has 1 heterocycles. The Bertz CT molecular complexity index is 343. The van der Waals surface area contributed by atoms with E-state index in [1.807, 2.05) is 18.9 Å². The first-order valence-corrected chi connectivity index (χ1v) is 5.78. The van der Waals surface area contributed by atoms with E-state index >= 15 is 0 Å². The third-order valence-electron chi connectivity index (χ3n) is 2.21. The zero-order valence-electron chi connectivity index (χ0n) is 8.81. The molecule has 80 valence electrons. The van der Waals surface area contributed by atoms with Crippen molar-refractivity contribution in [1.82, 2.24) is 9.97 Å². The lowest BCUT2D eigenvalue weighted by molar-refractivity contribution is 0.683. The molecule has 0 saturated carbocycles. The molecule has 1 rings (SSSR count). The van der Waals surface area contributed by atoms with Crippen molar-refractivity contribution in [2.75, 3.05) is 11.9 Å². The average molecular weight is 269 g/mol. The van der Waals surface area contributed by atoms with Crippen molar-refractivity contribution in [2.45, 2.75) is 24.7 Å². The average Bonchev–Trinajstić information content (AvgIpc) is 2.28. The molecule has 1 unspecified atom stereocenters. The number of hydrogen-bond acceptors (Lipinski definition) is 4. The van der Waals surface area contributed by atoms with Gasteiger partial charge in [0.1, 0.15) is 0 Å². The summed E-state index contributed by atoms with van der Waals surface area (Å²) in [6, 6.07) is 2.27. The van der Waals surface area contributed by atoms with Crippen LogP contribution in [0.4, 0.5) is 5.95 Å². The molecule has 1 aromatic rings. The molecular formula is C10H13BrN4. The quantitative estimate of drug-likeness (QED) is 0.785. The minimum absolute atomic E-state index is 0.129. The van der Waals surface area contributed by atoms with Crippen LogP contribution in [-0.4, -0.2) is 23.1 Å². The first-order chi connectivity index (χ1) is 7.19. The standard InChI is InChI=1S/C10H13BrN4/c1-8(3-4-12)15(2)10-13-6-9(5-11)7-14-10/h6-8H,3,5H2,1-2H3. The van der Waals surface area contributed by atoms with Gasteiger partial charge in [0.2, 0.25) is 5.95 Å². The second-order valence-corrected chi connectivity index (χ2v) is 3.91. The fourth-order valence-electron chi connectivity index (χ4n) is 1.07. The Labute approximate surface area is 98.1 Å². The van der Waals surface area contributed by atoms with Gasteiger partial charge in [-0.3, -0.25) is 0 Å². The Kier molecular flexibility index (Phi) is 4.50. The van der Waals surface area contributed by atoms with Crippen LogP contribution in [0.3, 0.4) is 0 Å². The van der Waals surface area contributed by atoms with E-state index in [0.29, 0.717) is 12.4 Å². The van der Waals surface area contributed by atoms with Gasteiger partial charge in [-0.15, -0.1) is 0 Å². The van der Waals surface area contributed by atoms with Gasteiger partial charge in [0, 0.05) is 30.8 Å². The van der Waals surface area contributed by atoms with Crippen LogP contribution in [0.5, 0.6) is 0 Å². The lowest BCUT2D eigenvalue weighted by Gasteiger charge is -2.22. The van der Waals surface area contributed by atoms with Crippen molar-refractivity contribution >= 4 is 21.9 Å². The van der Waals surface area contributed by atoms with E-state index in [2.05, 4.69) is 32.0 Å². The normalized spacial score (nSPS) is 11.9. The number of rotatable bonds is 4. The highest BCUT2D eigenvalue weighted by atomic mass is 79.9. The maximum Gasteiger partial charge on any atom is 0.225 e. The van der Waals surface area contributed by atoms with Crippen LogP contribution in [0.15, 0.2) is 12.4 Å². The van der Waals surface area contributed by atoms with Crippen LogP contribution >= 0.6 is 15.9 Å². The van der Waals surface area contributed by atoms with Crippen molar-refractivity contribution in [2.24, 2.45) is 0 Å². The van der Waals surface area contributed by atoms with Crippen LogP contribution in [0.1, 0.15) is 18.9 Å². The predicted molar refractivity (Wildman–Crippen MR) is 62.8 cm³/mol. The Balaban J connectivity index is 2.74. The molecule has 0 radical (unpaired) electrons. The highest BCUT2D eigenvalue weighted by Gasteiger charge is 2.11. The van der Waals surface area contributed by atoms with Crippen molar-refractivity contribution in [3.8, 4) is 6.07 Å². The maximum atomic E-state index is 8.59. The number of hydrogen-bond donors (Lipinski definition) is 0. The smallest absolute Gasteiger partial charge is 0.225 e. The number of anilines is 1. The van der Waals surface area contributed by atoms with Gasteiger partial charge >= 0.3 is 0 Å². The highest BCUT2D eigenvalue weighted by Crippen LogP contribution is 2.11. The number of alkyl halides is 1. The van der Waals surface area contributed by atoms with E-state index in [1.54, 1.807) is 12.4 Å². The zero-order chi connectivity index (χ0) is 11.3. The molecule has 0 bridgehead atoms. The fourth-order valence-corrected chi connectivity index (χ4v) is 1.35. The first-order valence-electron chi connectivity index (χ1n) is 4.65. The van der Waals surface area contributed by atoms with E-state index in [1.165, 1.54) is 0 Å². The molecule has 4 nitrogen and oxygen atoms in total. The van der Waals surface area contributed by atoms with Gasteiger partial charge in [-0.05, 0) is 12.5 Å². The van der Waals surface area contributed by atoms with Crippen molar-refractivity contribution in [3.63, 3.8) is 0 Å². The molecule has 15 heavy (non-hydrogen) atoms. The number of nitriles is 1. The van der Waals surface area contributed by atoms with Gasteiger partial charge in [0.05, 0.1) is 12.5 Å². The number of halogens is 1. The topological polar surface area (TPSA) is 52.8 Å². The second kappa shape index (κ2) is 5.66. The van der Waals surface area contributed by atoms with E-state index in [9.17, 15) is 0 Å². The van der Waals surface area contributed by atoms with Crippen LogP contribution in [0, 0.1) is 11.3 Å². The van der Waals surface area contributed by atoms with Gasteiger partial charge < -0.3 is 4.90 Å². The number of aromatic nitrogens is 2. The van der Waals surface area contributed by atoms with Gasteiger partial charge in [0.25, 0.3) is 0 Å².